The number of nitrogens with zero attached hydrogens (tertiary/aromatic N) is 1. The van der Waals surface area contributed by atoms with Gasteiger partial charge < -0.3 is 24.4 Å². The first-order chi connectivity index (χ1) is 14.1. The van der Waals surface area contributed by atoms with E-state index in [9.17, 15) is 10.2 Å². The monoisotopic (exact) mass is 423 g/mol. The Bertz CT molecular complexity index is 789. The lowest BCUT2D eigenvalue weighted by atomic mass is 9.81. The molecule has 0 spiro atoms. The second-order valence-electron chi connectivity index (χ2n) is 9.99. The van der Waals surface area contributed by atoms with Crippen molar-refractivity contribution in [3.63, 3.8) is 0 Å². The number of ether oxygens (including phenoxy) is 3. The van der Waals surface area contributed by atoms with E-state index in [4.69, 9.17) is 14.2 Å². The van der Waals surface area contributed by atoms with Crippen molar-refractivity contribution >= 4 is 0 Å². The second kappa shape index (κ2) is 7.93. The summed E-state index contributed by atoms with van der Waals surface area (Å²) in [7, 11) is 1.50. The molecule has 2 heterocycles. The van der Waals surface area contributed by atoms with Gasteiger partial charge in [0.25, 0.3) is 0 Å². The Hall–Kier alpha value is -1.41. The van der Waals surface area contributed by atoms with Crippen LogP contribution >= 0.6 is 0 Å². The number of halogens is 1. The third-order valence-corrected chi connectivity index (χ3v) is 6.57. The lowest BCUT2D eigenvalue weighted by molar-refractivity contribution is -0.149. The van der Waals surface area contributed by atoms with Gasteiger partial charge in [0.05, 0.1) is 30.5 Å². The van der Waals surface area contributed by atoms with Gasteiger partial charge in [0.1, 0.15) is 6.61 Å². The van der Waals surface area contributed by atoms with Crippen LogP contribution < -0.4 is 9.47 Å². The molecule has 0 aromatic heterocycles. The molecule has 3 aliphatic rings. The molecule has 168 valence electrons. The summed E-state index contributed by atoms with van der Waals surface area (Å²) in [4.78, 5) is 2.27. The first-order valence-corrected chi connectivity index (χ1v) is 10.9. The van der Waals surface area contributed by atoms with Crippen molar-refractivity contribution in [3.05, 3.63) is 23.0 Å². The number of methoxy groups -OCH3 is 1. The fourth-order valence-electron chi connectivity index (χ4n) is 4.84. The highest BCUT2D eigenvalue weighted by molar-refractivity contribution is 5.51. The Balaban J connectivity index is 1.58. The normalized spacial score (nSPS) is 28.3. The van der Waals surface area contributed by atoms with Gasteiger partial charge in [-0.25, -0.2) is 4.39 Å². The van der Waals surface area contributed by atoms with E-state index in [0.29, 0.717) is 50.1 Å². The van der Waals surface area contributed by atoms with Crippen molar-refractivity contribution in [2.75, 3.05) is 26.8 Å². The molecule has 0 amide bonds. The van der Waals surface area contributed by atoms with Crippen molar-refractivity contribution in [2.24, 2.45) is 0 Å². The van der Waals surface area contributed by atoms with Gasteiger partial charge >= 0.3 is 0 Å². The SMILES string of the molecule is COc1cc2c(c(F)c1OCC1(O)CCC1)CCN1C[C@@H](OC(C)(C)C)[C@H](O)C[C@H]21. The molecule has 30 heavy (non-hydrogen) atoms. The van der Waals surface area contributed by atoms with E-state index >= 15 is 4.39 Å². The number of benzene rings is 1. The average Bonchev–Trinajstić information content (AvgIpc) is 2.65. The quantitative estimate of drug-likeness (QED) is 0.759. The van der Waals surface area contributed by atoms with Crippen LogP contribution in [-0.4, -0.2) is 65.3 Å². The number of rotatable bonds is 5. The van der Waals surface area contributed by atoms with E-state index in [1.165, 1.54) is 7.11 Å². The molecule has 3 atom stereocenters. The van der Waals surface area contributed by atoms with Crippen LogP contribution in [0.25, 0.3) is 0 Å². The summed E-state index contributed by atoms with van der Waals surface area (Å²) in [6.07, 6.45) is 2.47. The number of hydrogen-bond donors (Lipinski definition) is 2. The van der Waals surface area contributed by atoms with Crippen LogP contribution in [0.4, 0.5) is 4.39 Å². The second-order valence-corrected chi connectivity index (χ2v) is 9.99. The summed E-state index contributed by atoms with van der Waals surface area (Å²) in [5, 5.41) is 21.0. The molecule has 1 aliphatic carbocycles. The third kappa shape index (κ3) is 4.17. The smallest absolute Gasteiger partial charge is 0.197 e. The predicted octanol–water partition coefficient (Wildman–Crippen LogP) is 2.98. The predicted molar refractivity (Wildman–Crippen MR) is 111 cm³/mol. The summed E-state index contributed by atoms with van der Waals surface area (Å²) >= 11 is 0. The van der Waals surface area contributed by atoms with E-state index in [2.05, 4.69) is 4.90 Å². The van der Waals surface area contributed by atoms with Gasteiger partial charge in [-0.15, -0.1) is 0 Å². The molecule has 4 rings (SSSR count). The van der Waals surface area contributed by atoms with Crippen LogP contribution in [-0.2, 0) is 11.2 Å². The van der Waals surface area contributed by atoms with E-state index < -0.39 is 17.5 Å². The molecule has 2 fully saturated rings. The molecular formula is C23H34FNO5. The van der Waals surface area contributed by atoms with Crippen LogP contribution in [0, 0.1) is 5.82 Å². The van der Waals surface area contributed by atoms with Crippen molar-refractivity contribution < 1.29 is 28.8 Å². The van der Waals surface area contributed by atoms with Gasteiger partial charge in [0.15, 0.2) is 17.3 Å². The summed E-state index contributed by atoms with van der Waals surface area (Å²) < 4.78 is 32.7. The molecule has 1 saturated heterocycles. The molecule has 0 radical (unpaired) electrons. The highest BCUT2D eigenvalue weighted by Gasteiger charge is 2.42. The lowest BCUT2D eigenvalue weighted by Crippen LogP contribution is -2.53. The number of aliphatic hydroxyl groups is 2. The van der Waals surface area contributed by atoms with Gasteiger partial charge in [-0.3, -0.25) is 4.90 Å². The highest BCUT2D eigenvalue weighted by atomic mass is 19.1. The minimum Gasteiger partial charge on any atom is -0.493 e. The summed E-state index contributed by atoms with van der Waals surface area (Å²) in [6.45, 7) is 7.33. The van der Waals surface area contributed by atoms with Gasteiger partial charge in [-0.1, -0.05) is 0 Å². The van der Waals surface area contributed by atoms with Gasteiger partial charge in [0.2, 0.25) is 0 Å². The van der Waals surface area contributed by atoms with Crippen molar-refractivity contribution in [2.45, 2.75) is 82.3 Å². The van der Waals surface area contributed by atoms with Crippen molar-refractivity contribution in [1.29, 1.82) is 0 Å². The fourth-order valence-corrected chi connectivity index (χ4v) is 4.84. The van der Waals surface area contributed by atoms with E-state index in [1.54, 1.807) is 0 Å². The number of aliphatic hydroxyl groups excluding tert-OH is 1. The Morgan fingerprint density at radius 3 is 2.63 bits per heavy atom. The lowest BCUT2D eigenvalue weighted by Gasteiger charge is -2.47. The average molecular weight is 424 g/mol. The van der Waals surface area contributed by atoms with Crippen molar-refractivity contribution in [1.82, 2.24) is 4.90 Å². The molecule has 1 aromatic carbocycles. The Labute approximate surface area is 177 Å². The molecule has 1 aromatic rings. The summed E-state index contributed by atoms with van der Waals surface area (Å²) in [5.74, 6) is 0.00313. The zero-order chi connectivity index (χ0) is 21.7. The largest absolute Gasteiger partial charge is 0.493 e. The molecule has 6 nitrogen and oxygen atoms in total. The Morgan fingerprint density at radius 2 is 2.03 bits per heavy atom. The van der Waals surface area contributed by atoms with Crippen LogP contribution in [0.5, 0.6) is 11.5 Å². The maximum atomic E-state index is 15.5. The molecule has 2 aliphatic heterocycles. The minimum absolute atomic E-state index is 0.0686. The van der Waals surface area contributed by atoms with E-state index in [1.807, 2.05) is 26.8 Å². The van der Waals surface area contributed by atoms with Gasteiger partial charge in [-0.05, 0) is 70.1 Å². The van der Waals surface area contributed by atoms with E-state index in [0.717, 1.165) is 12.0 Å². The third-order valence-electron chi connectivity index (χ3n) is 6.57. The maximum absolute atomic E-state index is 15.5. The summed E-state index contributed by atoms with van der Waals surface area (Å²) in [5.41, 5.74) is 0.270. The fraction of sp³-hybridized carbons (Fsp3) is 0.739. The Morgan fingerprint density at radius 1 is 1.30 bits per heavy atom. The zero-order valence-electron chi connectivity index (χ0n) is 18.4. The highest BCUT2D eigenvalue weighted by Crippen LogP contribution is 2.45. The molecule has 7 heteroatoms. The molecule has 0 bridgehead atoms. The maximum Gasteiger partial charge on any atom is 0.197 e. The first kappa shape index (κ1) is 21.8. The number of hydrogen-bond acceptors (Lipinski definition) is 6. The molecule has 0 unspecified atom stereocenters. The number of fused-ring (bicyclic) bond motifs is 3. The van der Waals surface area contributed by atoms with Crippen LogP contribution in [0.15, 0.2) is 6.07 Å². The molecular weight excluding hydrogens is 389 g/mol. The standard InChI is InChI=1S/C23H34FNO5/c1-22(2,3)30-19-12-25-9-6-14-15(16(25)11-17(19)26)10-18(28-4)21(20(14)24)29-13-23(27)7-5-8-23/h10,16-17,19,26-27H,5-9,11-13H2,1-4H3/t16-,17-,19-/m1/s1. The summed E-state index contributed by atoms with van der Waals surface area (Å²) in [6, 6.07) is 1.75. The molecule has 2 N–H and O–H groups in total. The van der Waals surface area contributed by atoms with E-state index in [-0.39, 0.29) is 30.1 Å². The Kier molecular flexibility index (Phi) is 5.77. The zero-order valence-corrected chi connectivity index (χ0v) is 18.4. The van der Waals surface area contributed by atoms with Crippen LogP contribution in [0.2, 0.25) is 0 Å². The molecule has 1 saturated carbocycles. The van der Waals surface area contributed by atoms with Crippen LogP contribution in [0.3, 0.4) is 0 Å². The number of piperidine rings is 1. The van der Waals surface area contributed by atoms with Gasteiger partial charge in [0, 0.05) is 19.1 Å². The first-order valence-electron chi connectivity index (χ1n) is 10.9. The van der Waals surface area contributed by atoms with Gasteiger partial charge in [-0.2, -0.15) is 0 Å². The topological polar surface area (TPSA) is 71.4 Å². The van der Waals surface area contributed by atoms with Crippen molar-refractivity contribution in [3.8, 4) is 11.5 Å². The van der Waals surface area contributed by atoms with Crippen LogP contribution in [0.1, 0.15) is 63.6 Å². The minimum atomic E-state index is -0.861.